The molecule has 0 aliphatic rings. The van der Waals surface area contributed by atoms with Crippen LogP contribution >= 0.6 is 0 Å². The average Bonchev–Trinajstić information content (AvgIpc) is 1.87. The van der Waals surface area contributed by atoms with E-state index in [1.165, 1.54) is 13.2 Å². The maximum Gasteiger partial charge on any atom is 0.307 e. The number of allylic oxidation sites excluding steroid dienone is 3. The lowest BCUT2D eigenvalue weighted by atomic mass is 10.4. The van der Waals surface area contributed by atoms with Gasteiger partial charge < -0.3 is 4.74 Å². The zero-order valence-electron chi connectivity index (χ0n) is 6.33. The fraction of sp³-hybridized carbons (Fsp3) is 0.375. The molecule has 0 radical (unpaired) electrons. The molecule has 0 heterocycles. The summed E-state index contributed by atoms with van der Waals surface area (Å²) in [5, 5.41) is 0. The number of carbonyl (C=O) groups excluding carboxylic acids is 1. The Hall–Kier alpha value is -1.05. The molecule has 56 valence electrons. The molecule has 0 saturated heterocycles. The molecule has 0 bridgehead atoms. The lowest BCUT2D eigenvalue weighted by molar-refractivity contribution is -0.135. The molecule has 2 heteroatoms. The van der Waals surface area contributed by atoms with Crippen LogP contribution in [0.5, 0.6) is 0 Å². The number of rotatable bonds is 3. The van der Waals surface area contributed by atoms with Crippen LogP contribution in [0.2, 0.25) is 0 Å². The van der Waals surface area contributed by atoms with Crippen molar-refractivity contribution in [2.24, 2.45) is 0 Å². The number of esters is 1. The third-order valence-electron chi connectivity index (χ3n) is 0.795. The van der Waals surface area contributed by atoms with Crippen LogP contribution in [0.1, 0.15) is 20.3 Å². The van der Waals surface area contributed by atoms with Gasteiger partial charge in [-0.05, 0) is 12.5 Å². The lowest BCUT2D eigenvalue weighted by Gasteiger charge is -1.86. The molecule has 0 aliphatic heterocycles. The van der Waals surface area contributed by atoms with Gasteiger partial charge in [0.2, 0.25) is 0 Å². The predicted molar refractivity (Wildman–Crippen MR) is 40.3 cm³/mol. The fourth-order valence-corrected chi connectivity index (χ4v) is 0.395. The minimum Gasteiger partial charge on any atom is -0.435 e. The van der Waals surface area contributed by atoms with Gasteiger partial charge in [0.25, 0.3) is 0 Å². The van der Waals surface area contributed by atoms with Crippen LogP contribution in [0.25, 0.3) is 0 Å². The first-order valence-electron chi connectivity index (χ1n) is 3.26. The summed E-state index contributed by atoms with van der Waals surface area (Å²) in [6, 6.07) is 0. The maximum absolute atomic E-state index is 10.2. The zero-order valence-corrected chi connectivity index (χ0v) is 6.33. The average molecular weight is 140 g/mol. The second kappa shape index (κ2) is 6.08. The van der Waals surface area contributed by atoms with Crippen molar-refractivity contribution in [3.63, 3.8) is 0 Å². The molecule has 0 aliphatic carbocycles. The van der Waals surface area contributed by atoms with Crippen LogP contribution in [-0.2, 0) is 9.53 Å². The molecule has 0 spiro atoms. The minimum atomic E-state index is -0.291. The van der Waals surface area contributed by atoms with Crippen LogP contribution in [-0.4, -0.2) is 5.97 Å². The maximum atomic E-state index is 10.2. The second-order valence-corrected chi connectivity index (χ2v) is 1.77. The van der Waals surface area contributed by atoms with Crippen molar-refractivity contribution in [1.82, 2.24) is 0 Å². The van der Waals surface area contributed by atoms with E-state index in [-0.39, 0.29) is 5.97 Å². The molecule has 10 heavy (non-hydrogen) atoms. The van der Waals surface area contributed by atoms with E-state index in [4.69, 9.17) is 0 Å². The van der Waals surface area contributed by atoms with E-state index >= 15 is 0 Å². The van der Waals surface area contributed by atoms with Crippen molar-refractivity contribution in [2.75, 3.05) is 0 Å². The van der Waals surface area contributed by atoms with Gasteiger partial charge in [-0.3, -0.25) is 4.79 Å². The molecule has 0 amide bonds. The van der Waals surface area contributed by atoms with Gasteiger partial charge >= 0.3 is 5.97 Å². The smallest absolute Gasteiger partial charge is 0.307 e. The van der Waals surface area contributed by atoms with Crippen molar-refractivity contribution in [1.29, 1.82) is 0 Å². The van der Waals surface area contributed by atoms with Crippen LogP contribution in [0.4, 0.5) is 0 Å². The van der Waals surface area contributed by atoms with Gasteiger partial charge in [0, 0.05) is 6.92 Å². The Labute approximate surface area is 61.2 Å². The highest BCUT2D eigenvalue weighted by Gasteiger charge is 1.81. The van der Waals surface area contributed by atoms with Crippen molar-refractivity contribution in [3.05, 3.63) is 24.5 Å². The van der Waals surface area contributed by atoms with Gasteiger partial charge in [-0.2, -0.15) is 0 Å². The van der Waals surface area contributed by atoms with Gasteiger partial charge in [-0.15, -0.1) is 0 Å². The SMILES string of the molecule is CC/C=C/C=C/OC(C)=O. The molecule has 0 aromatic rings. The van der Waals surface area contributed by atoms with E-state index in [2.05, 4.69) is 4.74 Å². The van der Waals surface area contributed by atoms with Crippen molar-refractivity contribution < 1.29 is 9.53 Å². The zero-order chi connectivity index (χ0) is 7.82. The Kier molecular flexibility index (Phi) is 5.44. The topological polar surface area (TPSA) is 26.3 Å². The Morgan fingerprint density at radius 2 is 2.20 bits per heavy atom. The highest BCUT2D eigenvalue weighted by Crippen LogP contribution is 1.83. The summed E-state index contributed by atoms with van der Waals surface area (Å²) in [5.41, 5.74) is 0. The monoisotopic (exact) mass is 140 g/mol. The summed E-state index contributed by atoms with van der Waals surface area (Å²) in [4.78, 5) is 10.2. The molecule has 0 fully saturated rings. The van der Waals surface area contributed by atoms with Gasteiger partial charge in [0.05, 0.1) is 6.26 Å². The van der Waals surface area contributed by atoms with Crippen molar-refractivity contribution in [2.45, 2.75) is 20.3 Å². The van der Waals surface area contributed by atoms with Crippen LogP contribution in [0.15, 0.2) is 24.5 Å². The molecule has 0 N–H and O–H groups in total. The molecule has 0 unspecified atom stereocenters. The van der Waals surface area contributed by atoms with Crippen LogP contribution in [0.3, 0.4) is 0 Å². The minimum absolute atomic E-state index is 0.291. The quantitative estimate of drug-likeness (QED) is 0.340. The third-order valence-corrected chi connectivity index (χ3v) is 0.795. The first-order valence-corrected chi connectivity index (χ1v) is 3.26. The summed E-state index contributed by atoms with van der Waals surface area (Å²) in [6.45, 7) is 3.41. The first kappa shape index (κ1) is 8.95. The number of ether oxygens (including phenoxy) is 1. The van der Waals surface area contributed by atoms with Crippen LogP contribution < -0.4 is 0 Å². The molecule has 0 saturated carbocycles. The summed E-state index contributed by atoms with van der Waals surface area (Å²) in [5.74, 6) is -0.291. The van der Waals surface area contributed by atoms with Gasteiger partial charge in [0.15, 0.2) is 0 Å². The molecule has 0 atom stereocenters. The molecular formula is C8H12O2. The molecule has 0 rings (SSSR count). The highest BCUT2D eigenvalue weighted by molar-refractivity contribution is 5.66. The Balaban J connectivity index is 3.37. The standard InChI is InChI=1S/C8H12O2/c1-3-4-5-6-7-10-8(2)9/h4-7H,3H2,1-2H3/b5-4+,7-6+. The predicted octanol–water partition coefficient (Wildman–Crippen LogP) is 2.03. The first-order chi connectivity index (χ1) is 4.77. The van der Waals surface area contributed by atoms with Gasteiger partial charge in [-0.25, -0.2) is 0 Å². The Bertz CT molecular complexity index is 145. The summed E-state index contributed by atoms with van der Waals surface area (Å²) < 4.78 is 4.52. The largest absolute Gasteiger partial charge is 0.435 e. The molecular weight excluding hydrogens is 128 g/mol. The van der Waals surface area contributed by atoms with E-state index in [0.717, 1.165) is 6.42 Å². The van der Waals surface area contributed by atoms with E-state index in [1.807, 2.05) is 19.1 Å². The number of hydrogen-bond donors (Lipinski definition) is 0. The van der Waals surface area contributed by atoms with E-state index in [9.17, 15) is 4.79 Å². The summed E-state index contributed by atoms with van der Waals surface area (Å²) >= 11 is 0. The van der Waals surface area contributed by atoms with Crippen LogP contribution in [0, 0.1) is 0 Å². The van der Waals surface area contributed by atoms with E-state index in [1.54, 1.807) is 6.08 Å². The molecule has 0 aromatic carbocycles. The van der Waals surface area contributed by atoms with Crippen molar-refractivity contribution >= 4 is 5.97 Å². The summed E-state index contributed by atoms with van der Waals surface area (Å²) in [6.07, 6.45) is 7.85. The number of hydrogen-bond acceptors (Lipinski definition) is 2. The summed E-state index contributed by atoms with van der Waals surface area (Å²) in [7, 11) is 0. The Morgan fingerprint density at radius 1 is 1.50 bits per heavy atom. The Morgan fingerprint density at radius 3 is 2.70 bits per heavy atom. The third kappa shape index (κ3) is 6.95. The molecule has 2 nitrogen and oxygen atoms in total. The fourth-order valence-electron chi connectivity index (χ4n) is 0.395. The van der Waals surface area contributed by atoms with E-state index in [0.29, 0.717) is 0 Å². The highest BCUT2D eigenvalue weighted by atomic mass is 16.5. The normalized spacial score (nSPS) is 11.0. The second-order valence-electron chi connectivity index (χ2n) is 1.77. The lowest BCUT2D eigenvalue weighted by Crippen LogP contribution is -1.88. The molecule has 0 aromatic heterocycles. The van der Waals surface area contributed by atoms with Crippen molar-refractivity contribution in [3.8, 4) is 0 Å². The van der Waals surface area contributed by atoms with E-state index < -0.39 is 0 Å². The number of carbonyl (C=O) groups is 1. The van der Waals surface area contributed by atoms with Gasteiger partial charge in [0.1, 0.15) is 0 Å². The van der Waals surface area contributed by atoms with Gasteiger partial charge in [-0.1, -0.05) is 19.1 Å².